The van der Waals surface area contributed by atoms with Crippen molar-refractivity contribution in [3.8, 4) is 0 Å². The summed E-state index contributed by atoms with van der Waals surface area (Å²) < 4.78 is 15.1. The van der Waals surface area contributed by atoms with Crippen LogP contribution < -0.4 is 4.90 Å². The highest BCUT2D eigenvalue weighted by Crippen LogP contribution is 2.47. The van der Waals surface area contributed by atoms with Crippen LogP contribution in [0.3, 0.4) is 0 Å². The second-order valence-corrected chi connectivity index (χ2v) is 8.26. The van der Waals surface area contributed by atoms with Gasteiger partial charge in [0.2, 0.25) is 0 Å². The molecule has 0 bridgehead atoms. The molecule has 1 aromatic heterocycles. The minimum absolute atomic E-state index is 0.0138. The van der Waals surface area contributed by atoms with Gasteiger partial charge in [0, 0.05) is 37.6 Å². The van der Waals surface area contributed by atoms with Crippen LogP contribution in [-0.4, -0.2) is 44.5 Å². The number of benzene rings is 1. The summed E-state index contributed by atoms with van der Waals surface area (Å²) in [5.41, 5.74) is 1.22. The van der Waals surface area contributed by atoms with E-state index in [1.165, 1.54) is 12.1 Å². The van der Waals surface area contributed by atoms with E-state index in [0.717, 1.165) is 38.0 Å². The van der Waals surface area contributed by atoms with Gasteiger partial charge in [-0.15, -0.1) is 0 Å². The number of amides is 1. The summed E-state index contributed by atoms with van der Waals surface area (Å²) >= 11 is 0. The van der Waals surface area contributed by atoms with Gasteiger partial charge in [-0.3, -0.25) is 4.79 Å². The zero-order valence-electron chi connectivity index (χ0n) is 15.6. The second kappa shape index (κ2) is 5.83. The Labute approximate surface area is 153 Å². The van der Waals surface area contributed by atoms with Crippen molar-refractivity contribution in [1.82, 2.24) is 14.5 Å². The van der Waals surface area contributed by atoms with E-state index in [1.54, 1.807) is 17.1 Å². The Bertz CT molecular complexity index is 829. The smallest absolute Gasteiger partial charge is 0.274 e. The van der Waals surface area contributed by atoms with Gasteiger partial charge in [0.15, 0.2) is 0 Å². The van der Waals surface area contributed by atoms with E-state index in [4.69, 9.17) is 0 Å². The Balaban J connectivity index is 1.65. The predicted octanol–water partition coefficient (Wildman–Crippen LogP) is 3.22. The normalized spacial score (nSPS) is 24.6. The molecular weight excluding hydrogens is 331 g/mol. The highest BCUT2D eigenvalue weighted by Gasteiger charge is 2.55. The van der Waals surface area contributed by atoms with Crippen molar-refractivity contribution in [3.63, 3.8) is 0 Å². The Morgan fingerprint density at radius 3 is 2.62 bits per heavy atom. The molecule has 1 amide bonds. The largest absolute Gasteiger partial charge is 0.364 e. The summed E-state index contributed by atoms with van der Waals surface area (Å²) in [4.78, 5) is 21.7. The lowest BCUT2D eigenvalue weighted by molar-refractivity contribution is 0.0611. The number of carbonyl (C=O) groups is 1. The number of hydrogen-bond donors (Lipinski definition) is 0. The average molecular weight is 356 g/mol. The molecule has 2 aromatic rings. The molecule has 0 N–H and O–H groups in total. The van der Waals surface area contributed by atoms with Crippen molar-refractivity contribution in [2.45, 2.75) is 44.2 Å². The molecule has 1 aromatic carbocycles. The third-order valence-corrected chi connectivity index (χ3v) is 5.85. The molecule has 6 heteroatoms. The predicted molar refractivity (Wildman–Crippen MR) is 98.7 cm³/mol. The van der Waals surface area contributed by atoms with Gasteiger partial charge in [0.1, 0.15) is 11.5 Å². The van der Waals surface area contributed by atoms with E-state index in [-0.39, 0.29) is 22.8 Å². The Kier molecular flexibility index (Phi) is 3.82. The summed E-state index contributed by atoms with van der Waals surface area (Å²) in [6.07, 6.45) is 6.35. The molecule has 0 radical (unpaired) electrons. The number of imidazole rings is 1. The van der Waals surface area contributed by atoms with Crippen LogP contribution in [0, 0.1) is 5.82 Å². The first kappa shape index (κ1) is 17.1. The maximum Gasteiger partial charge on any atom is 0.274 e. The first-order valence-electron chi connectivity index (χ1n) is 9.14. The molecule has 1 spiro atoms. The third kappa shape index (κ3) is 2.68. The minimum atomic E-state index is -0.228. The van der Waals surface area contributed by atoms with Crippen molar-refractivity contribution in [2.75, 3.05) is 18.0 Å². The maximum atomic E-state index is 13.3. The summed E-state index contributed by atoms with van der Waals surface area (Å²) in [7, 11) is 1.87. The molecule has 2 aliphatic heterocycles. The number of hydrogen-bond acceptors (Lipinski definition) is 3. The number of aryl methyl sites for hydroxylation is 1. The number of anilines is 1. The van der Waals surface area contributed by atoms with E-state index in [0.29, 0.717) is 5.69 Å². The molecule has 2 fully saturated rings. The van der Waals surface area contributed by atoms with E-state index in [1.807, 2.05) is 24.1 Å². The zero-order chi connectivity index (χ0) is 18.5. The van der Waals surface area contributed by atoms with Crippen molar-refractivity contribution in [1.29, 1.82) is 0 Å². The number of halogens is 1. The molecule has 0 saturated carbocycles. The monoisotopic (exact) mass is 356 g/mol. The molecule has 2 aliphatic rings. The summed E-state index contributed by atoms with van der Waals surface area (Å²) in [6, 6.07) is 6.66. The van der Waals surface area contributed by atoms with Gasteiger partial charge in [-0.2, -0.15) is 0 Å². The van der Waals surface area contributed by atoms with Crippen LogP contribution in [0.2, 0.25) is 0 Å². The van der Waals surface area contributed by atoms with Gasteiger partial charge in [-0.05, 0) is 57.4 Å². The summed E-state index contributed by atoms with van der Waals surface area (Å²) in [5.74, 6) is -0.215. The van der Waals surface area contributed by atoms with E-state index in [9.17, 15) is 9.18 Å². The van der Waals surface area contributed by atoms with Crippen LogP contribution in [0.15, 0.2) is 36.8 Å². The van der Waals surface area contributed by atoms with Gasteiger partial charge >= 0.3 is 0 Å². The van der Waals surface area contributed by atoms with Gasteiger partial charge in [0.05, 0.1) is 11.9 Å². The van der Waals surface area contributed by atoms with Crippen molar-refractivity contribution < 1.29 is 9.18 Å². The number of aromatic nitrogens is 2. The zero-order valence-corrected chi connectivity index (χ0v) is 15.6. The summed E-state index contributed by atoms with van der Waals surface area (Å²) in [5, 5.41) is 0. The Hall–Kier alpha value is -2.37. The molecular formula is C20H25FN4O. The van der Waals surface area contributed by atoms with Gasteiger partial charge in [-0.1, -0.05) is 0 Å². The second-order valence-electron chi connectivity index (χ2n) is 8.26. The fourth-order valence-electron chi connectivity index (χ4n) is 4.79. The number of likely N-dealkylation sites (tertiary alicyclic amines) is 1. The third-order valence-electron chi connectivity index (χ3n) is 5.85. The highest BCUT2D eigenvalue weighted by atomic mass is 19.1. The molecule has 1 atom stereocenters. The topological polar surface area (TPSA) is 41.4 Å². The molecule has 1 unspecified atom stereocenters. The van der Waals surface area contributed by atoms with Gasteiger partial charge in [-0.25, -0.2) is 9.37 Å². The number of carbonyl (C=O) groups excluding carboxylic acids is 1. The number of rotatable bonds is 2. The van der Waals surface area contributed by atoms with Crippen molar-refractivity contribution in [2.24, 2.45) is 7.05 Å². The van der Waals surface area contributed by atoms with E-state index in [2.05, 4.69) is 23.7 Å². The number of nitrogens with zero attached hydrogens (tertiary/aromatic N) is 4. The fraction of sp³-hybridized carbons (Fsp3) is 0.500. The van der Waals surface area contributed by atoms with E-state index < -0.39 is 0 Å². The van der Waals surface area contributed by atoms with Crippen LogP contribution in [0.1, 0.15) is 43.6 Å². The fourth-order valence-corrected chi connectivity index (χ4v) is 4.79. The Morgan fingerprint density at radius 2 is 1.96 bits per heavy atom. The van der Waals surface area contributed by atoms with Gasteiger partial charge < -0.3 is 14.4 Å². The highest BCUT2D eigenvalue weighted by molar-refractivity contribution is 5.93. The molecule has 0 aliphatic carbocycles. The minimum Gasteiger partial charge on any atom is -0.364 e. The van der Waals surface area contributed by atoms with Gasteiger partial charge in [0.25, 0.3) is 5.91 Å². The van der Waals surface area contributed by atoms with Crippen LogP contribution >= 0.6 is 0 Å². The average Bonchev–Trinajstić information content (AvgIpc) is 3.26. The Morgan fingerprint density at radius 1 is 1.23 bits per heavy atom. The quantitative estimate of drug-likeness (QED) is 0.830. The SMILES string of the molecule is Cn1cnc(C(=O)N2CCCC23CN(c2ccc(F)cc2)C(C)(C)C3)c1. The molecule has 26 heavy (non-hydrogen) atoms. The summed E-state index contributed by atoms with van der Waals surface area (Å²) in [6.45, 7) is 5.94. The molecule has 3 heterocycles. The van der Waals surface area contributed by atoms with Crippen LogP contribution in [0.25, 0.3) is 0 Å². The van der Waals surface area contributed by atoms with Crippen molar-refractivity contribution >= 4 is 11.6 Å². The van der Waals surface area contributed by atoms with Crippen LogP contribution in [0.4, 0.5) is 10.1 Å². The molecule has 138 valence electrons. The maximum absolute atomic E-state index is 13.3. The van der Waals surface area contributed by atoms with Crippen LogP contribution in [0.5, 0.6) is 0 Å². The molecule has 4 rings (SSSR count). The van der Waals surface area contributed by atoms with Crippen LogP contribution in [-0.2, 0) is 7.05 Å². The first-order valence-corrected chi connectivity index (χ1v) is 9.14. The molecule has 2 saturated heterocycles. The molecule has 5 nitrogen and oxygen atoms in total. The van der Waals surface area contributed by atoms with E-state index >= 15 is 0 Å². The lowest BCUT2D eigenvalue weighted by atomic mass is 9.87. The lowest BCUT2D eigenvalue weighted by Gasteiger charge is -2.35. The van der Waals surface area contributed by atoms with Crippen molar-refractivity contribution in [3.05, 3.63) is 48.3 Å². The first-order chi connectivity index (χ1) is 12.3. The lowest BCUT2D eigenvalue weighted by Crippen LogP contribution is -2.49. The standard InChI is InChI=1S/C20H25FN4O/c1-19(2)12-20(13-25(19)16-7-5-15(21)6-8-16)9-4-10-24(20)18(26)17-11-23(3)14-22-17/h5-8,11,14H,4,9-10,12-13H2,1-3H3.